The van der Waals surface area contributed by atoms with Gasteiger partial charge in [-0.25, -0.2) is 4.98 Å². The van der Waals surface area contributed by atoms with Gasteiger partial charge in [-0.2, -0.15) is 0 Å². The van der Waals surface area contributed by atoms with Crippen LogP contribution >= 0.6 is 11.8 Å². The van der Waals surface area contributed by atoms with E-state index in [1.807, 2.05) is 35.2 Å². The van der Waals surface area contributed by atoms with Crippen molar-refractivity contribution in [2.45, 2.75) is 18.7 Å². The van der Waals surface area contributed by atoms with E-state index >= 15 is 0 Å². The Hall–Kier alpha value is -2.31. The fourth-order valence-electron chi connectivity index (χ4n) is 3.53. The number of aromatic nitrogens is 2. The molecule has 2 heterocycles. The van der Waals surface area contributed by atoms with E-state index in [2.05, 4.69) is 46.1 Å². The average molecular weight is 395 g/mol. The third kappa shape index (κ3) is 4.56. The van der Waals surface area contributed by atoms with Crippen LogP contribution in [0.1, 0.15) is 23.6 Å². The highest BCUT2D eigenvalue weighted by Gasteiger charge is 2.22. The molecule has 6 heteroatoms. The minimum absolute atomic E-state index is 0.163. The fourth-order valence-corrected chi connectivity index (χ4v) is 4.37. The first kappa shape index (κ1) is 19.0. The highest BCUT2D eigenvalue weighted by Crippen LogP contribution is 2.28. The maximum absolute atomic E-state index is 12.6. The molecule has 1 unspecified atom stereocenters. The number of rotatable bonds is 6. The number of imidazole rings is 1. The minimum Gasteiger partial charge on any atom is -0.341 e. The molecule has 0 radical (unpaired) electrons. The third-order valence-electron chi connectivity index (χ3n) is 5.22. The van der Waals surface area contributed by atoms with Gasteiger partial charge in [0.2, 0.25) is 5.91 Å². The number of aromatic amines is 1. The normalized spacial score (nSPS) is 16.4. The van der Waals surface area contributed by atoms with Crippen molar-refractivity contribution >= 4 is 28.7 Å². The molecule has 1 aliphatic heterocycles. The second-order valence-electron chi connectivity index (χ2n) is 7.23. The van der Waals surface area contributed by atoms with Crippen molar-refractivity contribution in [2.24, 2.45) is 0 Å². The number of H-pyrrole nitrogens is 1. The summed E-state index contributed by atoms with van der Waals surface area (Å²) in [7, 11) is 0. The maximum Gasteiger partial charge on any atom is 0.232 e. The smallest absolute Gasteiger partial charge is 0.232 e. The minimum atomic E-state index is 0.163. The maximum atomic E-state index is 12.6. The summed E-state index contributed by atoms with van der Waals surface area (Å²) < 4.78 is 0. The van der Waals surface area contributed by atoms with Crippen molar-refractivity contribution in [2.75, 3.05) is 31.9 Å². The standard InChI is InChI=1S/C22H26N4OS/c1-17(22-23-19-9-5-6-10-20(19)24-22)28-16-21(27)26-13-11-25(12-14-26)15-18-7-3-2-4-8-18/h2-10,17H,11-16H2,1H3,(H,23,24). The molecule has 1 fully saturated rings. The summed E-state index contributed by atoms with van der Waals surface area (Å²) in [4.78, 5) is 25.1. The molecule has 146 valence electrons. The third-order valence-corrected chi connectivity index (χ3v) is 6.36. The number of benzene rings is 2. The largest absolute Gasteiger partial charge is 0.341 e. The van der Waals surface area contributed by atoms with Gasteiger partial charge in [0.15, 0.2) is 0 Å². The Morgan fingerprint density at radius 1 is 1.07 bits per heavy atom. The van der Waals surface area contributed by atoms with Crippen molar-refractivity contribution in [1.82, 2.24) is 19.8 Å². The van der Waals surface area contributed by atoms with E-state index in [-0.39, 0.29) is 11.2 Å². The lowest BCUT2D eigenvalue weighted by Crippen LogP contribution is -2.48. The first-order valence-electron chi connectivity index (χ1n) is 9.79. The molecule has 2 aromatic carbocycles. The van der Waals surface area contributed by atoms with Gasteiger partial charge in [-0.1, -0.05) is 42.5 Å². The first-order valence-corrected chi connectivity index (χ1v) is 10.8. The van der Waals surface area contributed by atoms with Crippen molar-refractivity contribution in [1.29, 1.82) is 0 Å². The molecule has 1 aromatic heterocycles. The van der Waals surface area contributed by atoms with Crippen LogP contribution in [-0.4, -0.2) is 57.6 Å². The molecule has 4 rings (SSSR count). The molecular formula is C22H26N4OS. The molecule has 1 atom stereocenters. The lowest BCUT2D eigenvalue weighted by Gasteiger charge is -2.34. The summed E-state index contributed by atoms with van der Waals surface area (Å²) in [5.74, 6) is 1.66. The van der Waals surface area contributed by atoms with Crippen LogP contribution in [0.4, 0.5) is 0 Å². The number of nitrogens with zero attached hydrogens (tertiary/aromatic N) is 3. The Balaban J connectivity index is 1.24. The molecule has 28 heavy (non-hydrogen) atoms. The predicted octanol–water partition coefficient (Wildman–Crippen LogP) is 3.70. The van der Waals surface area contributed by atoms with Crippen LogP contribution in [0.3, 0.4) is 0 Å². The van der Waals surface area contributed by atoms with E-state index in [4.69, 9.17) is 0 Å². The molecule has 0 spiro atoms. The molecular weight excluding hydrogens is 368 g/mol. The molecule has 1 amide bonds. The summed E-state index contributed by atoms with van der Waals surface area (Å²) in [6.07, 6.45) is 0. The number of carbonyl (C=O) groups is 1. The van der Waals surface area contributed by atoms with E-state index in [9.17, 15) is 4.79 Å². The lowest BCUT2D eigenvalue weighted by molar-refractivity contribution is -0.130. The Morgan fingerprint density at radius 3 is 2.54 bits per heavy atom. The van der Waals surface area contributed by atoms with Crippen LogP contribution < -0.4 is 0 Å². The number of piperazine rings is 1. The van der Waals surface area contributed by atoms with E-state index in [0.29, 0.717) is 5.75 Å². The molecule has 1 aliphatic rings. The monoisotopic (exact) mass is 394 g/mol. The van der Waals surface area contributed by atoms with Gasteiger partial charge >= 0.3 is 0 Å². The Morgan fingerprint density at radius 2 is 1.79 bits per heavy atom. The number of nitrogens with one attached hydrogen (secondary N) is 1. The van der Waals surface area contributed by atoms with Gasteiger partial charge in [-0.15, -0.1) is 11.8 Å². The SMILES string of the molecule is CC(SCC(=O)N1CCN(Cc2ccccc2)CC1)c1nc2ccccc2[nH]1. The second kappa shape index (κ2) is 8.80. The number of hydrogen-bond acceptors (Lipinski definition) is 4. The Labute approximate surface area is 170 Å². The highest BCUT2D eigenvalue weighted by molar-refractivity contribution is 8.00. The van der Waals surface area contributed by atoms with Crippen molar-refractivity contribution in [3.63, 3.8) is 0 Å². The summed E-state index contributed by atoms with van der Waals surface area (Å²) in [6, 6.07) is 18.6. The van der Waals surface area contributed by atoms with Gasteiger partial charge in [0.05, 0.1) is 22.0 Å². The predicted molar refractivity (Wildman–Crippen MR) is 115 cm³/mol. The van der Waals surface area contributed by atoms with Crippen LogP contribution in [-0.2, 0) is 11.3 Å². The lowest BCUT2D eigenvalue weighted by atomic mass is 10.2. The quantitative estimate of drug-likeness (QED) is 0.693. The number of para-hydroxylation sites is 2. The molecule has 0 aliphatic carbocycles. The van der Waals surface area contributed by atoms with Gasteiger partial charge in [0, 0.05) is 32.7 Å². The van der Waals surface area contributed by atoms with E-state index in [0.717, 1.165) is 49.6 Å². The van der Waals surface area contributed by atoms with Crippen molar-refractivity contribution < 1.29 is 4.79 Å². The molecule has 1 saturated heterocycles. The number of fused-ring (bicyclic) bond motifs is 1. The molecule has 0 bridgehead atoms. The van der Waals surface area contributed by atoms with Crippen molar-refractivity contribution in [3.05, 3.63) is 66.0 Å². The molecule has 0 saturated carbocycles. The van der Waals surface area contributed by atoms with E-state index < -0.39 is 0 Å². The van der Waals surface area contributed by atoms with Crippen LogP contribution in [0.5, 0.6) is 0 Å². The average Bonchev–Trinajstić information content (AvgIpc) is 3.17. The zero-order valence-electron chi connectivity index (χ0n) is 16.2. The van der Waals surface area contributed by atoms with E-state index in [1.54, 1.807) is 11.8 Å². The van der Waals surface area contributed by atoms with Crippen LogP contribution in [0, 0.1) is 0 Å². The zero-order chi connectivity index (χ0) is 19.3. The fraction of sp³-hybridized carbons (Fsp3) is 0.364. The molecule has 5 nitrogen and oxygen atoms in total. The van der Waals surface area contributed by atoms with E-state index in [1.165, 1.54) is 5.56 Å². The Kier molecular flexibility index (Phi) is 5.98. The number of thioether (sulfide) groups is 1. The molecule has 1 N–H and O–H groups in total. The number of carbonyl (C=O) groups excluding carboxylic acids is 1. The summed E-state index contributed by atoms with van der Waals surface area (Å²) in [6.45, 7) is 6.56. The van der Waals surface area contributed by atoms with Crippen LogP contribution in [0.2, 0.25) is 0 Å². The van der Waals surface area contributed by atoms with Gasteiger partial charge in [0.25, 0.3) is 0 Å². The number of hydrogen-bond donors (Lipinski definition) is 1. The van der Waals surface area contributed by atoms with Gasteiger partial charge < -0.3 is 9.88 Å². The Bertz CT molecular complexity index is 885. The molecule has 3 aromatic rings. The van der Waals surface area contributed by atoms with Gasteiger partial charge in [-0.05, 0) is 24.6 Å². The number of amides is 1. The highest BCUT2D eigenvalue weighted by atomic mass is 32.2. The van der Waals surface area contributed by atoms with Gasteiger partial charge in [-0.3, -0.25) is 9.69 Å². The van der Waals surface area contributed by atoms with Gasteiger partial charge in [0.1, 0.15) is 5.82 Å². The zero-order valence-corrected chi connectivity index (χ0v) is 17.0. The van der Waals surface area contributed by atoms with Crippen LogP contribution in [0.25, 0.3) is 11.0 Å². The second-order valence-corrected chi connectivity index (χ2v) is 8.56. The topological polar surface area (TPSA) is 52.2 Å². The summed E-state index contributed by atoms with van der Waals surface area (Å²) in [5.41, 5.74) is 3.36. The summed E-state index contributed by atoms with van der Waals surface area (Å²) >= 11 is 1.65. The summed E-state index contributed by atoms with van der Waals surface area (Å²) in [5, 5.41) is 0.163. The van der Waals surface area contributed by atoms with Crippen LogP contribution in [0.15, 0.2) is 54.6 Å². The van der Waals surface area contributed by atoms with Crippen molar-refractivity contribution in [3.8, 4) is 0 Å². The first-order chi connectivity index (χ1) is 13.7.